The van der Waals surface area contributed by atoms with Gasteiger partial charge in [0, 0.05) is 0 Å². The van der Waals surface area contributed by atoms with Crippen LogP contribution in [0.15, 0.2) is 12.2 Å². The lowest BCUT2D eigenvalue weighted by atomic mass is 10.1. The highest BCUT2D eigenvalue weighted by atomic mass is 16.4. The first-order valence-corrected chi connectivity index (χ1v) is 4.28. The molecule has 0 aliphatic rings. The van der Waals surface area contributed by atoms with Crippen LogP contribution in [0.25, 0.3) is 0 Å². The first-order valence-electron chi connectivity index (χ1n) is 4.28. The van der Waals surface area contributed by atoms with Crippen molar-refractivity contribution in [2.75, 3.05) is 0 Å². The van der Waals surface area contributed by atoms with Gasteiger partial charge in [-0.15, -0.1) is 0 Å². The Kier molecular flexibility index (Phi) is 5.80. The van der Waals surface area contributed by atoms with Crippen molar-refractivity contribution < 1.29 is 14.7 Å². The van der Waals surface area contributed by atoms with Crippen LogP contribution in [-0.2, 0) is 9.59 Å². The van der Waals surface area contributed by atoms with Crippen molar-refractivity contribution in [3.05, 3.63) is 12.2 Å². The van der Waals surface area contributed by atoms with Crippen molar-refractivity contribution in [1.82, 2.24) is 0 Å². The molecule has 0 spiro atoms. The molecule has 0 radical (unpaired) electrons. The molecule has 74 valence electrons. The molecule has 0 rings (SSSR count). The second-order valence-corrected chi connectivity index (χ2v) is 2.76. The number of hydrogen-bond acceptors (Lipinski definition) is 3. The minimum absolute atomic E-state index is 0.552. The fourth-order valence-corrected chi connectivity index (χ4v) is 0.747. The molecule has 4 heteroatoms. The van der Waals surface area contributed by atoms with Crippen molar-refractivity contribution >= 4 is 11.8 Å². The zero-order chi connectivity index (χ0) is 10.3. The smallest absolute Gasteiger partial charge is 0.328 e. The van der Waals surface area contributed by atoms with Gasteiger partial charge in [-0.1, -0.05) is 25.8 Å². The number of rotatable bonds is 6. The van der Waals surface area contributed by atoms with Gasteiger partial charge in [0.1, 0.15) is 0 Å². The average Bonchev–Trinajstić information content (AvgIpc) is 2.10. The van der Waals surface area contributed by atoms with Crippen molar-refractivity contribution in [3.8, 4) is 0 Å². The number of carbonyl (C=O) groups excluding carboxylic acids is 1. The highest BCUT2D eigenvalue weighted by Gasteiger charge is 2.17. The zero-order valence-corrected chi connectivity index (χ0v) is 7.69. The quantitative estimate of drug-likeness (QED) is 0.363. The summed E-state index contributed by atoms with van der Waals surface area (Å²) in [4.78, 5) is 21.2. The molecule has 0 heterocycles. The Bertz CT molecular complexity index is 211. The summed E-state index contributed by atoms with van der Waals surface area (Å²) in [5, 5.41) is 8.38. The number of carboxylic acids is 1. The maximum atomic E-state index is 11.0. The largest absolute Gasteiger partial charge is 0.480 e. The Labute approximate surface area is 77.4 Å². The van der Waals surface area contributed by atoms with Gasteiger partial charge < -0.3 is 10.8 Å². The minimum atomic E-state index is -1.42. The number of hydrogen-bond donors (Lipinski definition) is 2. The molecule has 0 aliphatic heterocycles. The predicted molar refractivity (Wildman–Crippen MR) is 49.3 cm³/mol. The van der Waals surface area contributed by atoms with Gasteiger partial charge in [-0.2, -0.15) is 0 Å². The monoisotopic (exact) mass is 185 g/mol. The Hall–Kier alpha value is -1.16. The van der Waals surface area contributed by atoms with Gasteiger partial charge in [0.15, 0.2) is 11.8 Å². The maximum absolute atomic E-state index is 11.0. The van der Waals surface area contributed by atoms with E-state index in [0.717, 1.165) is 19.3 Å². The van der Waals surface area contributed by atoms with Crippen LogP contribution in [-0.4, -0.2) is 22.9 Å². The Morgan fingerprint density at radius 3 is 2.62 bits per heavy atom. The summed E-state index contributed by atoms with van der Waals surface area (Å²) in [5.41, 5.74) is 5.07. The van der Waals surface area contributed by atoms with Gasteiger partial charge in [-0.3, -0.25) is 9.59 Å². The zero-order valence-electron chi connectivity index (χ0n) is 7.69. The van der Waals surface area contributed by atoms with E-state index in [1.165, 1.54) is 6.08 Å². The van der Waals surface area contributed by atoms with E-state index < -0.39 is 17.8 Å². The minimum Gasteiger partial charge on any atom is -0.480 e. The van der Waals surface area contributed by atoms with E-state index in [2.05, 4.69) is 0 Å². The number of unbranched alkanes of at least 4 members (excludes halogenated alkanes) is 2. The van der Waals surface area contributed by atoms with E-state index in [9.17, 15) is 9.59 Å². The van der Waals surface area contributed by atoms with E-state index >= 15 is 0 Å². The highest BCUT2D eigenvalue weighted by Crippen LogP contribution is 1.95. The van der Waals surface area contributed by atoms with E-state index in [4.69, 9.17) is 10.8 Å². The molecule has 0 fully saturated rings. The van der Waals surface area contributed by atoms with Crippen LogP contribution in [0.1, 0.15) is 26.2 Å². The van der Waals surface area contributed by atoms with Crippen LogP contribution < -0.4 is 5.73 Å². The van der Waals surface area contributed by atoms with Crippen LogP contribution in [0.5, 0.6) is 0 Å². The van der Waals surface area contributed by atoms with Crippen LogP contribution in [0, 0.1) is 0 Å². The summed E-state index contributed by atoms with van der Waals surface area (Å²) in [5.74, 6) is -1.84. The second kappa shape index (κ2) is 6.37. The third-order valence-corrected chi connectivity index (χ3v) is 1.58. The molecule has 0 aromatic carbocycles. The first-order chi connectivity index (χ1) is 6.09. The van der Waals surface area contributed by atoms with Gasteiger partial charge in [0.2, 0.25) is 0 Å². The first kappa shape index (κ1) is 11.8. The number of allylic oxidation sites excluding steroid dienone is 1. The van der Waals surface area contributed by atoms with Crippen LogP contribution >= 0.6 is 0 Å². The number of nitrogens with two attached hydrogens (primary N) is 1. The van der Waals surface area contributed by atoms with Crippen molar-refractivity contribution in [2.24, 2.45) is 5.73 Å². The van der Waals surface area contributed by atoms with Crippen molar-refractivity contribution in [1.29, 1.82) is 0 Å². The van der Waals surface area contributed by atoms with Gasteiger partial charge in [0.05, 0.1) is 0 Å². The van der Waals surface area contributed by atoms with Crippen molar-refractivity contribution in [2.45, 2.75) is 32.2 Å². The fourth-order valence-electron chi connectivity index (χ4n) is 0.747. The van der Waals surface area contributed by atoms with Crippen LogP contribution in [0.2, 0.25) is 0 Å². The molecule has 3 N–H and O–H groups in total. The lowest BCUT2D eigenvalue weighted by Crippen LogP contribution is -2.37. The standard InChI is InChI=1S/C9H15NO3/c1-2-3-4-5-6-7(11)8(10)9(12)13/h5-6,8H,2-4,10H2,1H3,(H,12,13). The third-order valence-electron chi connectivity index (χ3n) is 1.58. The van der Waals surface area contributed by atoms with E-state index in [0.29, 0.717) is 0 Å². The van der Waals surface area contributed by atoms with E-state index in [1.807, 2.05) is 6.92 Å². The summed E-state index contributed by atoms with van der Waals surface area (Å²) in [6.45, 7) is 2.04. The summed E-state index contributed by atoms with van der Waals surface area (Å²) in [6, 6.07) is -1.42. The van der Waals surface area contributed by atoms with Gasteiger partial charge in [-0.25, -0.2) is 0 Å². The average molecular weight is 185 g/mol. The number of ketones is 1. The van der Waals surface area contributed by atoms with Crippen molar-refractivity contribution in [3.63, 3.8) is 0 Å². The number of carbonyl (C=O) groups is 2. The van der Waals surface area contributed by atoms with Crippen LogP contribution in [0.3, 0.4) is 0 Å². The Balaban J connectivity index is 3.85. The topological polar surface area (TPSA) is 80.4 Å². The van der Waals surface area contributed by atoms with E-state index in [-0.39, 0.29) is 0 Å². The molecule has 0 aromatic heterocycles. The van der Waals surface area contributed by atoms with Gasteiger partial charge in [-0.05, 0) is 12.5 Å². The molecule has 4 nitrogen and oxygen atoms in total. The molecule has 13 heavy (non-hydrogen) atoms. The lowest BCUT2D eigenvalue weighted by molar-refractivity contribution is -0.141. The molecule has 0 saturated heterocycles. The molecular formula is C9H15NO3. The highest BCUT2D eigenvalue weighted by molar-refractivity contribution is 6.07. The van der Waals surface area contributed by atoms with Gasteiger partial charge >= 0.3 is 5.97 Å². The molecule has 0 amide bonds. The summed E-state index contributed by atoms with van der Waals surface area (Å²) >= 11 is 0. The van der Waals surface area contributed by atoms with Crippen LogP contribution in [0.4, 0.5) is 0 Å². The summed E-state index contributed by atoms with van der Waals surface area (Å²) in [6.07, 6.45) is 5.73. The molecule has 0 aliphatic carbocycles. The van der Waals surface area contributed by atoms with E-state index in [1.54, 1.807) is 6.08 Å². The second-order valence-electron chi connectivity index (χ2n) is 2.76. The van der Waals surface area contributed by atoms with Gasteiger partial charge in [0.25, 0.3) is 0 Å². The number of aliphatic carboxylic acids is 1. The molecule has 1 atom stereocenters. The fraction of sp³-hybridized carbons (Fsp3) is 0.556. The SMILES string of the molecule is CCCCC=CC(=O)C(N)C(=O)O. The Morgan fingerprint density at radius 2 is 2.15 bits per heavy atom. The molecule has 0 bridgehead atoms. The predicted octanol–water partition coefficient (Wildman–Crippen LogP) is 0.714. The molecule has 0 aromatic rings. The lowest BCUT2D eigenvalue weighted by Gasteiger charge is -1.99. The summed E-state index contributed by atoms with van der Waals surface area (Å²) in [7, 11) is 0. The normalized spacial score (nSPS) is 13.1. The molecule has 1 unspecified atom stereocenters. The third kappa shape index (κ3) is 5.14. The molecular weight excluding hydrogens is 170 g/mol. The Morgan fingerprint density at radius 1 is 1.54 bits per heavy atom. The number of carboxylic acid groups (broad SMARTS) is 1. The maximum Gasteiger partial charge on any atom is 0.328 e. The summed E-state index contributed by atoms with van der Waals surface area (Å²) < 4.78 is 0. The molecule has 0 saturated carbocycles.